The van der Waals surface area contributed by atoms with Gasteiger partial charge in [-0.05, 0) is 24.4 Å². The molecule has 2 heteroatoms. The van der Waals surface area contributed by atoms with Gasteiger partial charge in [-0.2, -0.15) is 0 Å². The van der Waals surface area contributed by atoms with Gasteiger partial charge in [0.2, 0.25) is 0 Å². The summed E-state index contributed by atoms with van der Waals surface area (Å²) in [5.74, 6) is 1.12. The van der Waals surface area contributed by atoms with Crippen LogP contribution in [0.15, 0.2) is 28.7 Å². The van der Waals surface area contributed by atoms with Crippen LogP contribution in [0.5, 0.6) is 0 Å². The quantitative estimate of drug-likeness (QED) is 0.799. The van der Waals surface area contributed by atoms with Crippen LogP contribution in [-0.4, -0.2) is 6.54 Å². The zero-order valence-electron chi connectivity index (χ0n) is 12.5. The normalized spacial score (nSPS) is 12.2. The van der Waals surface area contributed by atoms with Crippen LogP contribution in [-0.2, 0) is 13.0 Å². The van der Waals surface area contributed by atoms with Gasteiger partial charge in [-0.3, -0.25) is 0 Å². The lowest BCUT2D eigenvalue weighted by atomic mass is 9.92. The van der Waals surface area contributed by atoms with E-state index in [0.717, 1.165) is 30.9 Å². The molecule has 0 aliphatic heterocycles. The number of benzene rings is 1. The summed E-state index contributed by atoms with van der Waals surface area (Å²) in [6.07, 6.45) is 2.13. The standard InChI is InChI=1S/C17H25NO/c1-5-15-14(12-18-11-10-17(2,3)4)13-8-6-7-9-16(13)19-15/h6-9,18H,5,10-12H2,1-4H3. The number of nitrogens with one attached hydrogen (secondary N) is 1. The van der Waals surface area contributed by atoms with Crippen molar-refractivity contribution in [3.8, 4) is 0 Å². The molecule has 0 radical (unpaired) electrons. The second-order valence-electron chi connectivity index (χ2n) is 6.34. The van der Waals surface area contributed by atoms with Crippen molar-refractivity contribution in [2.75, 3.05) is 6.54 Å². The van der Waals surface area contributed by atoms with Crippen LogP contribution in [0.2, 0.25) is 0 Å². The molecule has 0 fully saturated rings. The fourth-order valence-electron chi connectivity index (χ4n) is 2.31. The lowest BCUT2D eigenvalue weighted by molar-refractivity contribution is 0.366. The summed E-state index contributed by atoms with van der Waals surface area (Å²) in [7, 11) is 0. The van der Waals surface area contributed by atoms with Crippen molar-refractivity contribution in [2.45, 2.75) is 47.1 Å². The first-order valence-corrected chi connectivity index (χ1v) is 7.21. The molecule has 0 saturated heterocycles. The molecule has 1 aromatic heterocycles. The fraction of sp³-hybridized carbons (Fsp3) is 0.529. The number of aryl methyl sites for hydroxylation is 1. The number of hydrogen-bond acceptors (Lipinski definition) is 2. The Hall–Kier alpha value is -1.28. The Kier molecular flexibility index (Phi) is 4.31. The summed E-state index contributed by atoms with van der Waals surface area (Å²) in [6, 6.07) is 8.31. The summed E-state index contributed by atoms with van der Waals surface area (Å²) in [5.41, 5.74) is 2.72. The summed E-state index contributed by atoms with van der Waals surface area (Å²) in [6.45, 7) is 10.9. The van der Waals surface area contributed by atoms with E-state index in [1.165, 1.54) is 17.4 Å². The predicted octanol–water partition coefficient (Wildman–Crippen LogP) is 4.52. The average Bonchev–Trinajstić information content (AvgIpc) is 2.71. The lowest BCUT2D eigenvalue weighted by Gasteiger charge is -2.18. The number of furan rings is 1. The Morgan fingerprint density at radius 2 is 1.89 bits per heavy atom. The summed E-state index contributed by atoms with van der Waals surface area (Å²) < 4.78 is 5.91. The second kappa shape index (κ2) is 5.79. The largest absolute Gasteiger partial charge is 0.461 e. The van der Waals surface area contributed by atoms with Crippen LogP contribution in [0.4, 0.5) is 0 Å². The summed E-state index contributed by atoms with van der Waals surface area (Å²) in [4.78, 5) is 0. The van der Waals surface area contributed by atoms with Gasteiger partial charge >= 0.3 is 0 Å². The molecule has 0 aliphatic carbocycles. The first kappa shape index (κ1) is 14.1. The van der Waals surface area contributed by atoms with Gasteiger partial charge < -0.3 is 9.73 Å². The SMILES string of the molecule is CCc1oc2ccccc2c1CNCCC(C)(C)C. The predicted molar refractivity (Wildman–Crippen MR) is 81.4 cm³/mol. The zero-order valence-corrected chi connectivity index (χ0v) is 12.5. The van der Waals surface area contributed by atoms with Gasteiger partial charge in [-0.15, -0.1) is 0 Å². The Morgan fingerprint density at radius 3 is 2.58 bits per heavy atom. The van der Waals surface area contributed by atoms with E-state index in [1.807, 2.05) is 12.1 Å². The molecule has 0 saturated carbocycles. The van der Waals surface area contributed by atoms with Crippen molar-refractivity contribution >= 4 is 11.0 Å². The van der Waals surface area contributed by atoms with Crippen LogP contribution < -0.4 is 5.32 Å². The summed E-state index contributed by atoms with van der Waals surface area (Å²) in [5, 5.41) is 4.80. The third-order valence-corrected chi connectivity index (χ3v) is 3.46. The molecule has 0 spiro atoms. The van der Waals surface area contributed by atoms with Crippen LogP contribution in [0.1, 0.15) is 45.4 Å². The van der Waals surface area contributed by atoms with Gasteiger partial charge in [0.1, 0.15) is 11.3 Å². The molecule has 0 unspecified atom stereocenters. The van der Waals surface area contributed by atoms with Gasteiger partial charge in [-0.1, -0.05) is 45.9 Å². The van der Waals surface area contributed by atoms with Crippen molar-refractivity contribution in [3.63, 3.8) is 0 Å². The number of rotatable bonds is 5. The van der Waals surface area contributed by atoms with E-state index < -0.39 is 0 Å². The molecule has 1 N–H and O–H groups in total. The van der Waals surface area contributed by atoms with Crippen molar-refractivity contribution in [1.29, 1.82) is 0 Å². The van der Waals surface area contributed by atoms with Crippen LogP contribution >= 0.6 is 0 Å². The minimum atomic E-state index is 0.388. The maximum absolute atomic E-state index is 5.91. The van der Waals surface area contributed by atoms with E-state index in [0.29, 0.717) is 5.41 Å². The summed E-state index contributed by atoms with van der Waals surface area (Å²) >= 11 is 0. The van der Waals surface area contributed by atoms with Gasteiger partial charge in [0.15, 0.2) is 0 Å². The number of para-hydroxylation sites is 1. The molecule has 0 atom stereocenters. The van der Waals surface area contributed by atoms with Crippen molar-refractivity contribution in [2.24, 2.45) is 5.41 Å². The van der Waals surface area contributed by atoms with Gasteiger partial charge in [-0.25, -0.2) is 0 Å². The minimum absolute atomic E-state index is 0.388. The molecule has 2 nitrogen and oxygen atoms in total. The highest BCUT2D eigenvalue weighted by molar-refractivity contribution is 5.82. The third kappa shape index (κ3) is 3.60. The van der Waals surface area contributed by atoms with Crippen LogP contribution in [0.3, 0.4) is 0 Å². The first-order chi connectivity index (χ1) is 9.01. The number of fused-ring (bicyclic) bond motifs is 1. The van der Waals surface area contributed by atoms with E-state index in [1.54, 1.807) is 0 Å². The van der Waals surface area contributed by atoms with E-state index >= 15 is 0 Å². The molecule has 0 amide bonds. The molecule has 1 heterocycles. The molecule has 104 valence electrons. The highest BCUT2D eigenvalue weighted by atomic mass is 16.3. The van der Waals surface area contributed by atoms with Crippen molar-refractivity contribution in [3.05, 3.63) is 35.6 Å². The molecular weight excluding hydrogens is 234 g/mol. The molecule has 1 aromatic carbocycles. The molecule has 0 aliphatic rings. The third-order valence-electron chi connectivity index (χ3n) is 3.46. The molecule has 2 aromatic rings. The lowest BCUT2D eigenvalue weighted by Crippen LogP contribution is -2.20. The Labute approximate surface area is 116 Å². The molecule has 2 rings (SSSR count). The minimum Gasteiger partial charge on any atom is -0.461 e. The Morgan fingerprint density at radius 1 is 1.16 bits per heavy atom. The Bertz CT molecular complexity index is 534. The van der Waals surface area contributed by atoms with Gasteiger partial charge in [0, 0.05) is 23.9 Å². The average molecular weight is 259 g/mol. The highest BCUT2D eigenvalue weighted by Gasteiger charge is 2.13. The van der Waals surface area contributed by atoms with Crippen molar-refractivity contribution < 1.29 is 4.42 Å². The maximum Gasteiger partial charge on any atom is 0.134 e. The van der Waals surface area contributed by atoms with E-state index in [-0.39, 0.29) is 0 Å². The van der Waals surface area contributed by atoms with E-state index in [4.69, 9.17) is 4.42 Å². The molecular formula is C17H25NO. The number of hydrogen-bond donors (Lipinski definition) is 1. The van der Waals surface area contributed by atoms with Gasteiger partial charge in [0.25, 0.3) is 0 Å². The van der Waals surface area contributed by atoms with Gasteiger partial charge in [0.05, 0.1) is 0 Å². The van der Waals surface area contributed by atoms with E-state index in [2.05, 4.69) is 45.1 Å². The fourth-order valence-corrected chi connectivity index (χ4v) is 2.31. The Balaban J connectivity index is 2.07. The topological polar surface area (TPSA) is 25.2 Å². The first-order valence-electron chi connectivity index (χ1n) is 7.21. The zero-order chi connectivity index (χ0) is 13.9. The smallest absolute Gasteiger partial charge is 0.134 e. The monoisotopic (exact) mass is 259 g/mol. The van der Waals surface area contributed by atoms with Crippen LogP contribution in [0.25, 0.3) is 11.0 Å². The van der Waals surface area contributed by atoms with Crippen molar-refractivity contribution in [1.82, 2.24) is 5.32 Å². The van der Waals surface area contributed by atoms with E-state index in [9.17, 15) is 0 Å². The molecule has 19 heavy (non-hydrogen) atoms. The maximum atomic E-state index is 5.91. The second-order valence-corrected chi connectivity index (χ2v) is 6.34. The molecule has 0 bridgehead atoms. The highest BCUT2D eigenvalue weighted by Crippen LogP contribution is 2.26. The van der Waals surface area contributed by atoms with Crippen LogP contribution in [0, 0.1) is 5.41 Å².